The molecule has 1 N–H and O–H groups in total. The molecule has 2 aromatic rings. The molecule has 0 bridgehead atoms. The van der Waals surface area contributed by atoms with Crippen molar-refractivity contribution >= 4 is 41.3 Å². The second-order valence-corrected chi connectivity index (χ2v) is 9.43. The number of aryl methyl sites for hydroxylation is 2. The van der Waals surface area contributed by atoms with E-state index >= 15 is 0 Å². The topological polar surface area (TPSA) is 70.8 Å². The van der Waals surface area contributed by atoms with Crippen LogP contribution in [0.15, 0.2) is 22.8 Å². The van der Waals surface area contributed by atoms with Crippen LogP contribution in [0.1, 0.15) is 42.1 Å². The van der Waals surface area contributed by atoms with Crippen molar-refractivity contribution in [1.29, 1.82) is 0 Å². The van der Waals surface area contributed by atoms with Crippen LogP contribution in [0.4, 0.5) is 0 Å². The normalized spacial score (nSPS) is 20.9. The van der Waals surface area contributed by atoms with E-state index in [0.717, 1.165) is 57.2 Å². The van der Waals surface area contributed by atoms with E-state index in [9.17, 15) is 0 Å². The summed E-state index contributed by atoms with van der Waals surface area (Å²) in [5.74, 6) is 1.67. The molecule has 0 amide bonds. The van der Waals surface area contributed by atoms with Crippen LogP contribution in [-0.4, -0.2) is 76.9 Å². The molecular weight excluding hydrogens is 537 g/mol. The van der Waals surface area contributed by atoms with Gasteiger partial charge in [0.2, 0.25) is 0 Å². The highest BCUT2D eigenvalue weighted by Gasteiger charge is 2.26. The Bertz CT molecular complexity index is 862. The molecule has 0 spiro atoms. The van der Waals surface area contributed by atoms with E-state index in [2.05, 4.69) is 37.5 Å². The zero-order valence-corrected chi connectivity index (χ0v) is 22.5. The van der Waals surface area contributed by atoms with E-state index in [0.29, 0.717) is 12.5 Å². The molecule has 10 heteroatoms. The van der Waals surface area contributed by atoms with Gasteiger partial charge in [0, 0.05) is 50.9 Å². The van der Waals surface area contributed by atoms with Crippen LogP contribution < -0.4 is 5.32 Å². The Labute approximate surface area is 212 Å². The van der Waals surface area contributed by atoms with Gasteiger partial charge in [-0.25, -0.2) is 4.98 Å². The second kappa shape index (κ2) is 12.3. The number of nitrogens with zero attached hydrogens (tertiary/aromatic N) is 6. The molecule has 4 heterocycles. The lowest BCUT2D eigenvalue weighted by Gasteiger charge is -2.36. The van der Waals surface area contributed by atoms with E-state index in [4.69, 9.17) is 9.72 Å². The largest absolute Gasteiger partial charge is 0.370 e. The van der Waals surface area contributed by atoms with Gasteiger partial charge in [0.25, 0.3) is 0 Å². The van der Waals surface area contributed by atoms with Gasteiger partial charge in [-0.05, 0) is 38.3 Å². The summed E-state index contributed by atoms with van der Waals surface area (Å²) in [6.45, 7) is 8.79. The summed E-state index contributed by atoms with van der Waals surface area (Å²) in [4.78, 5) is 14.1. The Balaban J connectivity index is 0.00000289. The Kier molecular flexibility index (Phi) is 9.75. The molecule has 8 nitrogen and oxygen atoms in total. The summed E-state index contributed by atoms with van der Waals surface area (Å²) >= 11 is 1.79. The number of hydrogen-bond acceptors (Lipinski definition) is 6. The Morgan fingerprint density at radius 1 is 1.31 bits per heavy atom. The molecule has 1 unspecified atom stereocenters. The van der Waals surface area contributed by atoms with Gasteiger partial charge in [0.05, 0.1) is 30.1 Å². The SMILES string of the molecule is CCc1nc(CN2CCC(CNC(=NC)N3CCOC(c4cnn(C)c4)C3)CC2)cs1.I. The van der Waals surface area contributed by atoms with Crippen molar-refractivity contribution in [3.05, 3.63) is 34.0 Å². The average Bonchev–Trinajstić information content (AvgIpc) is 3.44. The number of aromatic nitrogens is 3. The summed E-state index contributed by atoms with van der Waals surface area (Å²) in [6, 6.07) is 0. The number of nitrogens with one attached hydrogen (secondary N) is 1. The van der Waals surface area contributed by atoms with Crippen LogP contribution in [0.3, 0.4) is 0 Å². The molecule has 178 valence electrons. The first kappa shape index (κ1) is 25.4. The van der Waals surface area contributed by atoms with Gasteiger partial charge in [0.15, 0.2) is 5.96 Å². The van der Waals surface area contributed by atoms with Crippen molar-refractivity contribution in [2.24, 2.45) is 18.0 Å². The third-order valence-electron chi connectivity index (χ3n) is 6.22. The molecule has 4 rings (SSSR count). The first-order valence-corrected chi connectivity index (χ1v) is 12.2. The summed E-state index contributed by atoms with van der Waals surface area (Å²) < 4.78 is 7.81. The molecule has 2 aliphatic rings. The van der Waals surface area contributed by atoms with Crippen molar-refractivity contribution in [2.45, 2.75) is 38.8 Å². The number of halogens is 1. The molecule has 0 aliphatic carbocycles. The third-order valence-corrected chi connectivity index (χ3v) is 7.26. The average molecular weight is 574 g/mol. The van der Waals surface area contributed by atoms with Crippen molar-refractivity contribution in [3.8, 4) is 0 Å². The van der Waals surface area contributed by atoms with Crippen LogP contribution in [0.2, 0.25) is 0 Å². The first-order chi connectivity index (χ1) is 15.1. The predicted molar refractivity (Wildman–Crippen MR) is 140 cm³/mol. The highest BCUT2D eigenvalue weighted by Crippen LogP contribution is 2.22. The maximum absolute atomic E-state index is 5.98. The van der Waals surface area contributed by atoms with Crippen LogP contribution in [0.5, 0.6) is 0 Å². The predicted octanol–water partition coefficient (Wildman–Crippen LogP) is 2.92. The molecular formula is C22H36IN7OS. The Morgan fingerprint density at radius 2 is 2.12 bits per heavy atom. The standard InChI is InChI=1S/C22H35N7OS.HI/c1-4-21-26-19(16-31-21)14-28-7-5-17(6-8-28)11-24-22(23-2)29-9-10-30-20(15-29)18-12-25-27(3)13-18;/h12-13,16-17,20H,4-11,14-15H2,1-3H3,(H,23,24);1H. The van der Waals surface area contributed by atoms with Crippen molar-refractivity contribution in [2.75, 3.05) is 46.4 Å². The molecule has 2 aromatic heterocycles. The van der Waals surface area contributed by atoms with E-state index in [1.54, 1.807) is 11.3 Å². The van der Waals surface area contributed by atoms with E-state index in [1.807, 2.05) is 31.2 Å². The number of guanidine groups is 1. The summed E-state index contributed by atoms with van der Waals surface area (Å²) in [5.41, 5.74) is 2.36. The minimum Gasteiger partial charge on any atom is -0.370 e. The van der Waals surface area contributed by atoms with Gasteiger partial charge in [-0.3, -0.25) is 14.6 Å². The van der Waals surface area contributed by atoms with Crippen LogP contribution in [0.25, 0.3) is 0 Å². The van der Waals surface area contributed by atoms with Crippen LogP contribution >= 0.6 is 35.3 Å². The highest BCUT2D eigenvalue weighted by atomic mass is 127. The highest BCUT2D eigenvalue weighted by molar-refractivity contribution is 14.0. The molecule has 1 atom stereocenters. The molecule has 0 radical (unpaired) electrons. The molecule has 2 saturated heterocycles. The fourth-order valence-corrected chi connectivity index (χ4v) is 5.12. The lowest BCUT2D eigenvalue weighted by molar-refractivity contribution is -0.00812. The van der Waals surface area contributed by atoms with E-state index < -0.39 is 0 Å². The van der Waals surface area contributed by atoms with Crippen molar-refractivity contribution < 1.29 is 4.74 Å². The minimum absolute atomic E-state index is 0. The summed E-state index contributed by atoms with van der Waals surface area (Å²) in [6.07, 6.45) is 7.45. The second-order valence-electron chi connectivity index (χ2n) is 8.49. The fraction of sp³-hybridized carbons (Fsp3) is 0.682. The zero-order valence-electron chi connectivity index (χ0n) is 19.4. The van der Waals surface area contributed by atoms with Gasteiger partial charge < -0.3 is 15.0 Å². The maximum Gasteiger partial charge on any atom is 0.193 e. The summed E-state index contributed by atoms with van der Waals surface area (Å²) in [7, 11) is 3.81. The van der Waals surface area contributed by atoms with Crippen molar-refractivity contribution in [1.82, 2.24) is 29.9 Å². The summed E-state index contributed by atoms with van der Waals surface area (Å²) in [5, 5.41) is 11.4. The Morgan fingerprint density at radius 3 is 2.78 bits per heavy atom. The van der Waals surface area contributed by atoms with Crippen molar-refractivity contribution in [3.63, 3.8) is 0 Å². The van der Waals surface area contributed by atoms with Crippen LogP contribution in [0, 0.1) is 5.92 Å². The number of ether oxygens (including phenoxy) is 1. The molecule has 0 saturated carbocycles. The Hall–Kier alpha value is -1.24. The van der Waals surface area contributed by atoms with Gasteiger partial charge in [-0.1, -0.05) is 6.92 Å². The number of likely N-dealkylation sites (tertiary alicyclic amines) is 1. The monoisotopic (exact) mass is 573 g/mol. The van der Waals surface area contributed by atoms with Gasteiger partial charge >= 0.3 is 0 Å². The number of hydrogen-bond donors (Lipinski definition) is 1. The molecule has 2 fully saturated rings. The number of morpholine rings is 1. The van der Waals surface area contributed by atoms with Gasteiger partial charge in [0.1, 0.15) is 6.10 Å². The molecule has 32 heavy (non-hydrogen) atoms. The minimum atomic E-state index is 0. The number of aliphatic imine (C=N–C) groups is 1. The lowest BCUT2D eigenvalue weighted by atomic mass is 9.97. The quantitative estimate of drug-likeness (QED) is 0.326. The third kappa shape index (κ3) is 6.64. The number of piperidine rings is 1. The van der Waals surface area contributed by atoms with E-state index in [1.165, 1.54) is 23.5 Å². The lowest BCUT2D eigenvalue weighted by Crippen LogP contribution is -2.49. The van der Waals surface area contributed by atoms with E-state index in [-0.39, 0.29) is 30.1 Å². The maximum atomic E-state index is 5.98. The fourth-order valence-electron chi connectivity index (χ4n) is 4.38. The number of rotatable bonds is 6. The first-order valence-electron chi connectivity index (χ1n) is 11.4. The zero-order chi connectivity index (χ0) is 21.6. The smallest absolute Gasteiger partial charge is 0.193 e. The van der Waals surface area contributed by atoms with Gasteiger partial charge in [-0.2, -0.15) is 5.10 Å². The molecule has 2 aliphatic heterocycles. The number of thiazole rings is 1. The van der Waals surface area contributed by atoms with Crippen LogP contribution in [-0.2, 0) is 24.8 Å². The molecule has 0 aromatic carbocycles. The van der Waals surface area contributed by atoms with Gasteiger partial charge in [-0.15, -0.1) is 35.3 Å².